The third-order valence-corrected chi connectivity index (χ3v) is 6.49. The Bertz CT molecular complexity index is 1040. The van der Waals surface area contributed by atoms with Crippen LogP contribution in [0.15, 0.2) is 48.5 Å². The molecule has 1 fully saturated rings. The van der Waals surface area contributed by atoms with Crippen molar-refractivity contribution in [2.75, 3.05) is 27.3 Å². The molecule has 1 spiro atoms. The number of carbonyl (C=O) groups excluding carboxylic acids is 1. The van der Waals surface area contributed by atoms with Crippen LogP contribution in [0.2, 0.25) is 0 Å². The Hall–Kier alpha value is -3.19. The highest BCUT2D eigenvalue weighted by atomic mass is 16.5. The van der Waals surface area contributed by atoms with Gasteiger partial charge in [0.15, 0.2) is 17.2 Å². The predicted molar refractivity (Wildman–Crippen MR) is 117 cm³/mol. The molecule has 2 aromatic carbocycles. The molecule has 0 radical (unpaired) electrons. The van der Waals surface area contributed by atoms with E-state index in [9.17, 15) is 4.79 Å². The number of fused-ring (bicyclic) bond motifs is 4. The van der Waals surface area contributed by atoms with Gasteiger partial charge in [-0.3, -0.25) is 4.79 Å². The second-order valence-electron chi connectivity index (χ2n) is 8.17. The van der Waals surface area contributed by atoms with E-state index in [1.54, 1.807) is 21.1 Å². The lowest BCUT2D eigenvalue weighted by atomic mass is 9.92. The van der Waals surface area contributed by atoms with Crippen LogP contribution in [0.3, 0.4) is 0 Å². The number of nitrogens with zero attached hydrogens (tertiary/aromatic N) is 2. The fraction of sp³-hybridized carbons (Fsp3) is 0.375. The summed E-state index contributed by atoms with van der Waals surface area (Å²) in [6.45, 7) is 2.93. The molecular formula is C24H27N3O4. The number of rotatable bonds is 3. The Balaban J connectivity index is 1.56. The van der Waals surface area contributed by atoms with E-state index in [1.807, 2.05) is 35.2 Å². The molecule has 3 aliphatic rings. The van der Waals surface area contributed by atoms with E-state index < -0.39 is 5.72 Å². The lowest BCUT2D eigenvalue weighted by Gasteiger charge is -2.51. The smallest absolute Gasteiger partial charge is 0.219 e. The zero-order chi connectivity index (χ0) is 21.6. The maximum atomic E-state index is 11.9. The summed E-state index contributed by atoms with van der Waals surface area (Å²) in [6, 6.07) is 14.0. The van der Waals surface area contributed by atoms with Gasteiger partial charge in [0, 0.05) is 44.0 Å². The average Bonchev–Trinajstić information content (AvgIpc) is 3.26. The minimum Gasteiger partial charge on any atom is -0.497 e. The second kappa shape index (κ2) is 7.50. The SMILES string of the molecule is COc1cccc(C2=C[C@H]3c4cccc(OC)c4OC4(CCN(C(C)=O)CC4)N3N2)c1. The molecule has 0 unspecified atom stereocenters. The van der Waals surface area contributed by atoms with E-state index >= 15 is 0 Å². The molecule has 1 N–H and O–H groups in total. The van der Waals surface area contributed by atoms with E-state index in [2.05, 4.69) is 28.6 Å². The van der Waals surface area contributed by atoms with Crippen molar-refractivity contribution in [3.63, 3.8) is 0 Å². The van der Waals surface area contributed by atoms with Gasteiger partial charge in [-0.05, 0) is 24.3 Å². The molecule has 7 nitrogen and oxygen atoms in total. The first-order chi connectivity index (χ1) is 15.0. The molecule has 0 bridgehead atoms. The Morgan fingerprint density at radius 2 is 1.90 bits per heavy atom. The molecule has 31 heavy (non-hydrogen) atoms. The third kappa shape index (κ3) is 3.20. The molecular weight excluding hydrogens is 394 g/mol. The van der Waals surface area contributed by atoms with Crippen LogP contribution in [0.4, 0.5) is 0 Å². The minimum absolute atomic E-state index is 0.0103. The first-order valence-corrected chi connectivity index (χ1v) is 10.6. The maximum absolute atomic E-state index is 11.9. The van der Waals surface area contributed by atoms with Gasteiger partial charge in [0.05, 0.1) is 26.0 Å². The molecule has 2 aromatic rings. The van der Waals surface area contributed by atoms with Gasteiger partial charge in [-0.1, -0.05) is 24.3 Å². The molecule has 1 saturated heterocycles. The lowest BCUT2D eigenvalue weighted by Crippen LogP contribution is -2.64. The quantitative estimate of drug-likeness (QED) is 0.820. The highest BCUT2D eigenvalue weighted by molar-refractivity contribution is 5.73. The number of amides is 1. The summed E-state index contributed by atoms with van der Waals surface area (Å²) in [5.41, 5.74) is 6.16. The maximum Gasteiger partial charge on any atom is 0.219 e. The first-order valence-electron chi connectivity index (χ1n) is 10.6. The number of hydrogen-bond acceptors (Lipinski definition) is 6. The topological polar surface area (TPSA) is 63.3 Å². The number of carbonyl (C=O) groups is 1. The van der Waals surface area contributed by atoms with Crippen LogP contribution >= 0.6 is 0 Å². The Morgan fingerprint density at radius 3 is 2.61 bits per heavy atom. The van der Waals surface area contributed by atoms with E-state index in [0.29, 0.717) is 25.9 Å². The summed E-state index contributed by atoms with van der Waals surface area (Å²) < 4.78 is 17.7. The van der Waals surface area contributed by atoms with E-state index in [4.69, 9.17) is 14.2 Å². The van der Waals surface area contributed by atoms with Gasteiger partial charge in [0.25, 0.3) is 0 Å². The number of methoxy groups -OCH3 is 2. The highest BCUT2D eigenvalue weighted by Gasteiger charge is 2.52. The molecule has 1 amide bonds. The van der Waals surface area contributed by atoms with Gasteiger partial charge >= 0.3 is 0 Å². The van der Waals surface area contributed by atoms with Crippen LogP contribution in [-0.4, -0.2) is 48.9 Å². The van der Waals surface area contributed by atoms with Crippen molar-refractivity contribution in [2.24, 2.45) is 0 Å². The normalized spacial score (nSPS) is 21.5. The van der Waals surface area contributed by atoms with Gasteiger partial charge in [0.1, 0.15) is 5.75 Å². The Kier molecular flexibility index (Phi) is 4.78. The summed E-state index contributed by atoms with van der Waals surface area (Å²) in [5.74, 6) is 2.43. The van der Waals surface area contributed by atoms with Gasteiger partial charge < -0.3 is 24.5 Å². The highest BCUT2D eigenvalue weighted by Crippen LogP contribution is 2.51. The molecule has 7 heteroatoms. The summed E-state index contributed by atoms with van der Waals surface area (Å²) in [5, 5.41) is 2.21. The number of piperidine rings is 1. The second-order valence-corrected chi connectivity index (χ2v) is 8.17. The molecule has 0 aromatic heterocycles. The van der Waals surface area contributed by atoms with Crippen molar-refractivity contribution in [1.29, 1.82) is 0 Å². The summed E-state index contributed by atoms with van der Waals surface area (Å²) in [7, 11) is 3.34. The van der Waals surface area contributed by atoms with Crippen LogP contribution in [-0.2, 0) is 4.79 Å². The zero-order valence-electron chi connectivity index (χ0n) is 18.1. The molecule has 0 aliphatic carbocycles. The Morgan fingerprint density at radius 1 is 1.13 bits per heavy atom. The summed E-state index contributed by atoms with van der Waals surface area (Å²) >= 11 is 0. The van der Waals surface area contributed by atoms with E-state index in [-0.39, 0.29) is 11.9 Å². The number of ether oxygens (including phenoxy) is 3. The first kappa shape index (κ1) is 19.8. The van der Waals surface area contributed by atoms with Crippen molar-refractivity contribution in [3.05, 3.63) is 59.7 Å². The fourth-order valence-electron chi connectivity index (χ4n) is 4.79. The van der Waals surface area contributed by atoms with Crippen molar-refractivity contribution < 1.29 is 19.0 Å². The predicted octanol–water partition coefficient (Wildman–Crippen LogP) is 3.34. The molecule has 3 aliphatic heterocycles. The summed E-state index contributed by atoms with van der Waals surface area (Å²) in [6.07, 6.45) is 3.63. The lowest BCUT2D eigenvalue weighted by molar-refractivity contribution is -0.165. The average molecular weight is 421 g/mol. The molecule has 3 heterocycles. The van der Waals surface area contributed by atoms with Crippen LogP contribution in [0.25, 0.3) is 5.70 Å². The van der Waals surface area contributed by atoms with E-state index in [1.165, 1.54) is 0 Å². The summed E-state index contributed by atoms with van der Waals surface area (Å²) in [4.78, 5) is 13.8. The molecule has 162 valence electrons. The Labute approximate surface area is 182 Å². The molecule has 0 saturated carbocycles. The minimum atomic E-state index is -0.574. The number of likely N-dealkylation sites (tertiary alicyclic amines) is 1. The molecule has 5 rings (SSSR count). The van der Waals surface area contributed by atoms with Crippen molar-refractivity contribution in [1.82, 2.24) is 15.3 Å². The third-order valence-electron chi connectivity index (χ3n) is 6.49. The number of hydrazine groups is 1. The van der Waals surface area contributed by atoms with Crippen LogP contribution in [0.5, 0.6) is 17.2 Å². The monoisotopic (exact) mass is 421 g/mol. The van der Waals surface area contributed by atoms with Crippen molar-refractivity contribution in [3.8, 4) is 17.2 Å². The fourth-order valence-corrected chi connectivity index (χ4v) is 4.79. The van der Waals surface area contributed by atoms with Gasteiger partial charge in [-0.2, -0.15) is 5.01 Å². The molecule has 1 atom stereocenters. The van der Waals surface area contributed by atoms with Crippen LogP contribution < -0.4 is 19.6 Å². The van der Waals surface area contributed by atoms with Gasteiger partial charge in [-0.25, -0.2) is 0 Å². The standard InChI is InChI=1S/C24H27N3O4/c1-16(28)26-12-10-24(11-13-26)27-21(19-8-5-9-22(30-3)23(19)31-24)15-20(25-27)17-6-4-7-18(14-17)29-2/h4-9,14-15,21,25H,10-13H2,1-3H3/t21-/m0/s1. The van der Waals surface area contributed by atoms with Crippen LogP contribution in [0, 0.1) is 0 Å². The van der Waals surface area contributed by atoms with Crippen molar-refractivity contribution >= 4 is 11.6 Å². The number of hydrogen-bond donors (Lipinski definition) is 1. The number of nitrogens with one attached hydrogen (secondary N) is 1. The van der Waals surface area contributed by atoms with Gasteiger partial charge in [0.2, 0.25) is 5.91 Å². The van der Waals surface area contributed by atoms with Crippen LogP contribution in [0.1, 0.15) is 36.9 Å². The number of para-hydroxylation sites is 1. The largest absolute Gasteiger partial charge is 0.497 e. The van der Waals surface area contributed by atoms with Gasteiger partial charge in [-0.15, -0.1) is 0 Å². The van der Waals surface area contributed by atoms with E-state index in [0.717, 1.165) is 34.1 Å². The zero-order valence-corrected chi connectivity index (χ0v) is 18.1. The number of benzene rings is 2. The van der Waals surface area contributed by atoms with Crippen molar-refractivity contribution in [2.45, 2.75) is 31.5 Å².